The van der Waals surface area contributed by atoms with Crippen LogP contribution >= 0.6 is 0 Å². The summed E-state index contributed by atoms with van der Waals surface area (Å²) in [6.07, 6.45) is 4.54. The molecule has 2 aliphatic rings. The van der Waals surface area contributed by atoms with Gasteiger partial charge in [-0.15, -0.1) is 0 Å². The Bertz CT molecular complexity index is 501. The first kappa shape index (κ1) is 15.0. The van der Waals surface area contributed by atoms with E-state index in [1.165, 1.54) is 7.11 Å². The molecule has 0 unspecified atom stereocenters. The van der Waals surface area contributed by atoms with Gasteiger partial charge in [-0.1, -0.05) is 18.6 Å². The van der Waals surface area contributed by atoms with Gasteiger partial charge in [0.1, 0.15) is 5.78 Å². The van der Waals surface area contributed by atoms with Crippen molar-refractivity contribution in [2.75, 3.05) is 7.11 Å². The van der Waals surface area contributed by atoms with Crippen molar-refractivity contribution in [3.63, 3.8) is 0 Å². The number of methoxy groups -OCH3 is 1. The van der Waals surface area contributed by atoms with E-state index in [9.17, 15) is 9.59 Å². The van der Waals surface area contributed by atoms with Crippen molar-refractivity contribution < 1.29 is 19.1 Å². The molecule has 20 heavy (non-hydrogen) atoms. The van der Waals surface area contributed by atoms with Crippen LogP contribution < -0.4 is 0 Å². The largest absolute Gasteiger partial charge is 0.425 e. The smallest absolute Gasteiger partial charge is 0.336 e. The van der Waals surface area contributed by atoms with E-state index in [0.717, 1.165) is 18.4 Å². The quantitative estimate of drug-likeness (QED) is 0.546. The molecule has 110 valence electrons. The summed E-state index contributed by atoms with van der Waals surface area (Å²) >= 11 is 0. The van der Waals surface area contributed by atoms with Crippen LogP contribution in [-0.2, 0) is 19.1 Å². The van der Waals surface area contributed by atoms with Crippen molar-refractivity contribution in [3.8, 4) is 0 Å². The van der Waals surface area contributed by atoms with E-state index in [1.807, 2.05) is 13.8 Å². The van der Waals surface area contributed by atoms with Crippen molar-refractivity contribution in [2.45, 2.75) is 52.2 Å². The zero-order chi connectivity index (χ0) is 14.9. The second kappa shape index (κ2) is 5.52. The molecule has 0 fully saturated rings. The van der Waals surface area contributed by atoms with Gasteiger partial charge >= 0.3 is 5.97 Å². The maximum absolute atomic E-state index is 12.3. The van der Waals surface area contributed by atoms with Crippen LogP contribution in [-0.4, -0.2) is 24.6 Å². The Labute approximate surface area is 119 Å². The summed E-state index contributed by atoms with van der Waals surface area (Å²) in [5, 5.41) is 0. The molecule has 2 rings (SSSR count). The minimum atomic E-state index is -1.09. The third kappa shape index (κ3) is 2.57. The number of hydrogen-bond acceptors (Lipinski definition) is 4. The summed E-state index contributed by atoms with van der Waals surface area (Å²) in [6, 6.07) is 0. The normalized spacial score (nSPS) is 34.4. The van der Waals surface area contributed by atoms with Crippen LogP contribution in [0.5, 0.6) is 0 Å². The summed E-state index contributed by atoms with van der Waals surface area (Å²) in [6.45, 7) is 5.66. The number of carbonyl (C=O) groups is 2. The van der Waals surface area contributed by atoms with Gasteiger partial charge in [0.2, 0.25) is 5.79 Å². The summed E-state index contributed by atoms with van der Waals surface area (Å²) in [7, 11) is 1.53. The highest BCUT2D eigenvalue weighted by Gasteiger charge is 2.47. The van der Waals surface area contributed by atoms with Gasteiger partial charge in [0.25, 0.3) is 0 Å². The zero-order valence-electron chi connectivity index (χ0n) is 12.6. The van der Waals surface area contributed by atoms with Crippen molar-refractivity contribution >= 4 is 11.8 Å². The molecule has 1 aliphatic heterocycles. The monoisotopic (exact) mass is 278 g/mol. The second-order valence-electron chi connectivity index (χ2n) is 5.80. The number of rotatable bonds is 1. The van der Waals surface area contributed by atoms with Crippen molar-refractivity contribution in [3.05, 3.63) is 22.8 Å². The van der Waals surface area contributed by atoms with Crippen LogP contribution in [0.3, 0.4) is 0 Å². The lowest BCUT2D eigenvalue weighted by Gasteiger charge is -2.30. The highest BCUT2D eigenvalue weighted by Crippen LogP contribution is 2.41. The van der Waals surface area contributed by atoms with Gasteiger partial charge in [-0.3, -0.25) is 4.79 Å². The van der Waals surface area contributed by atoms with Crippen LogP contribution in [0.25, 0.3) is 0 Å². The summed E-state index contributed by atoms with van der Waals surface area (Å²) in [4.78, 5) is 24.2. The molecule has 1 aliphatic carbocycles. The number of hydrogen-bond donors (Lipinski definition) is 0. The van der Waals surface area contributed by atoms with Gasteiger partial charge in [0.05, 0.1) is 0 Å². The molecule has 0 aromatic rings. The maximum atomic E-state index is 12.3. The van der Waals surface area contributed by atoms with Crippen LogP contribution in [0.1, 0.15) is 46.5 Å². The lowest BCUT2D eigenvalue weighted by molar-refractivity contribution is -0.192. The lowest BCUT2D eigenvalue weighted by Crippen LogP contribution is -2.36. The van der Waals surface area contributed by atoms with E-state index in [1.54, 1.807) is 6.92 Å². The SMILES string of the molecule is CO[C@@]12C/C(C)=C/CC[C@H](C)C(=O)CC1=C(C)C(=O)O2. The van der Waals surface area contributed by atoms with Gasteiger partial charge in [0, 0.05) is 37.0 Å². The Morgan fingerprint density at radius 1 is 1.35 bits per heavy atom. The highest BCUT2D eigenvalue weighted by atomic mass is 16.7. The third-order valence-corrected chi connectivity index (χ3v) is 4.31. The lowest BCUT2D eigenvalue weighted by atomic mass is 9.86. The Morgan fingerprint density at radius 2 is 2.05 bits per heavy atom. The first-order valence-corrected chi connectivity index (χ1v) is 7.06. The average molecular weight is 278 g/mol. The van der Waals surface area contributed by atoms with Crippen molar-refractivity contribution in [1.29, 1.82) is 0 Å². The molecule has 4 nitrogen and oxygen atoms in total. The second-order valence-corrected chi connectivity index (χ2v) is 5.80. The van der Waals surface area contributed by atoms with Gasteiger partial charge in [-0.05, 0) is 26.7 Å². The molecule has 0 bridgehead atoms. The molecular weight excluding hydrogens is 256 g/mol. The molecule has 0 N–H and O–H groups in total. The van der Waals surface area contributed by atoms with Gasteiger partial charge < -0.3 is 9.47 Å². The first-order chi connectivity index (χ1) is 9.39. The minimum Gasteiger partial charge on any atom is -0.425 e. The molecule has 0 spiro atoms. The molecule has 0 amide bonds. The summed E-state index contributed by atoms with van der Waals surface area (Å²) < 4.78 is 11.0. The standard InChI is InChI=1S/C16H22O4/c1-10-6-5-7-11(2)14(17)8-13-12(3)15(18)20-16(13,9-10)19-4/h6,11H,5,7-9H2,1-4H3/b10-6+/t11-,16+/m0/s1. The number of ether oxygens (including phenoxy) is 2. The zero-order valence-corrected chi connectivity index (χ0v) is 12.6. The van der Waals surface area contributed by atoms with Crippen LogP contribution in [0, 0.1) is 5.92 Å². The highest BCUT2D eigenvalue weighted by molar-refractivity contribution is 5.95. The number of carbonyl (C=O) groups excluding carboxylic acids is 2. The predicted molar refractivity (Wildman–Crippen MR) is 74.9 cm³/mol. The molecular formula is C16H22O4. The molecule has 0 saturated heterocycles. The van der Waals surface area contributed by atoms with Crippen molar-refractivity contribution in [2.24, 2.45) is 5.92 Å². The Morgan fingerprint density at radius 3 is 2.70 bits per heavy atom. The van der Waals surface area contributed by atoms with Gasteiger partial charge in [0.15, 0.2) is 0 Å². The molecule has 0 aromatic heterocycles. The Balaban J connectivity index is 2.47. The molecule has 0 aromatic carbocycles. The molecule has 4 heteroatoms. The average Bonchev–Trinajstić information content (AvgIpc) is 2.63. The third-order valence-electron chi connectivity index (χ3n) is 4.31. The van der Waals surface area contributed by atoms with E-state index in [2.05, 4.69) is 6.08 Å². The number of ketones is 1. The topological polar surface area (TPSA) is 52.6 Å². The van der Waals surface area contributed by atoms with Crippen molar-refractivity contribution in [1.82, 2.24) is 0 Å². The summed E-state index contributed by atoms with van der Waals surface area (Å²) in [5.41, 5.74) is 2.32. The Hall–Kier alpha value is -1.42. The fraction of sp³-hybridized carbons (Fsp3) is 0.625. The van der Waals surface area contributed by atoms with Crippen LogP contribution in [0.4, 0.5) is 0 Å². The first-order valence-electron chi connectivity index (χ1n) is 7.06. The predicted octanol–water partition coefficient (Wildman–Crippen LogP) is 2.93. The van der Waals surface area contributed by atoms with E-state index in [4.69, 9.17) is 9.47 Å². The number of Topliss-reactive ketones (excluding diaryl/α,β-unsaturated/α-hetero) is 1. The van der Waals surface area contributed by atoms with E-state index < -0.39 is 5.79 Å². The maximum Gasteiger partial charge on any atom is 0.336 e. The molecule has 1 heterocycles. The minimum absolute atomic E-state index is 0.0114. The number of allylic oxidation sites excluding steroid dienone is 1. The van der Waals surface area contributed by atoms with E-state index in [0.29, 0.717) is 17.6 Å². The van der Waals surface area contributed by atoms with E-state index >= 15 is 0 Å². The van der Waals surface area contributed by atoms with Crippen LogP contribution in [0.2, 0.25) is 0 Å². The Kier molecular flexibility index (Phi) is 4.14. The fourth-order valence-electron chi connectivity index (χ4n) is 2.87. The number of esters is 1. The van der Waals surface area contributed by atoms with E-state index in [-0.39, 0.29) is 24.1 Å². The number of fused-ring (bicyclic) bond motifs is 1. The van der Waals surface area contributed by atoms with Crippen LogP contribution in [0.15, 0.2) is 22.8 Å². The van der Waals surface area contributed by atoms with Gasteiger partial charge in [-0.25, -0.2) is 4.79 Å². The van der Waals surface area contributed by atoms with Gasteiger partial charge in [-0.2, -0.15) is 0 Å². The molecule has 0 saturated carbocycles. The fourth-order valence-corrected chi connectivity index (χ4v) is 2.87. The molecule has 0 radical (unpaired) electrons. The molecule has 2 atom stereocenters. The summed E-state index contributed by atoms with van der Waals surface area (Å²) in [5.74, 6) is -1.34.